The molecule has 0 aliphatic carbocycles. The summed E-state index contributed by atoms with van der Waals surface area (Å²) in [7, 11) is 1.48. The molecular formula is C22H26N2O4. The highest BCUT2D eigenvalue weighted by molar-refractivity contribution is 6.16. The zero-order valence-corrected chi connectivity index (χ0v) is 16.5. The van der Waals surface area contributed by atoms with Gasteiger partial charge in [-0.05, 0) is 48.6 Å². The van der Waals surface area contributed by atoms with Crippen molar-refractivity contribution in [2.24, 2.45) is 11.7 Å². The van der Waals surface area contributed by atoms with Gasteiger partial charge in [0.1, 0.15) is 0 Å². The van der Waals surface area contributed by atoms with Crippen molar-refractivity contribution in [1.29, 1.82) is 0 Å². The molecule has 0 bridgehead atoms. The number of hydrogen-bond donors (Lipinski definition) is 1. The molecule has 148 valence electrons. The van der Waals surface area contributed by atoms with E-state index in [9.17, 15) is 9.59 Å². The molecule has 0 aliphatic heterocycles. The number of ether oxygens (including phenoxy) is 2. The molecular weight excluding hydrogens is 356 g/mol. The first kappa shape index (κ1) is 21.3. The zero-order valence-electron chi connectivity index (χ0n) is 16.5. The molecule has 0 amide bonds. The number of nitrogens with zero attached hydrogens (tertiary/aromatic N) is 1. The molecule has 1 atom stereocenters. The summed E-state index contributed by atoms with van der Waals surface area (Å²) < 4.78 is 10.8. The number of carbonyl (C=O) groups is 2. The first-order valence-electron chi connectivity index (χ1n) is 9.05. The first-order valence-corrected chi connectivity index (χ1v) is 9.05. The minimum atomic E-state index is -1.83. The van der Waals surface area contributed by atoms with Crippen LogP contribution in [0, 0.1) is 5.92 Å². The average Bonchev–Trinajstić information content (AvgIpc) is 2.68. The second kappa shape index (κ2) is 9.28. The second-order valence-electron chi connectivity index (χ2n) is 7.01. The summed E-state index contributed by atoms with van der Waals surface area (Å²) in [5.74, 6) is -0.771. The van der Waals surface area contributed by atoms with Crippen LogP contribution >= 0.6 is 0 Å². The van der Waals surface area contributed by atoms with Crippen LogP contribution in [0.4, 0.5) is 0 Å². The molecule has 0 saturated heterocycles. The van der Waals surface area contributed by atoms with Crippen molar-refractivity contribution < 1.29 is 19.1 Å². The smallest absolute Gasteiger partial charge is 0.339 e. The van der Waals surface area contributed by atoms with E-state index in [0.717, 1.165) is 5.56 Å². The second-order valence-corrected chi connectivity index (χ2v) is 7.01. The van der Waals surface area contributed by atoms with Gasteiger partial charge in [-0.25, -0.2) is 4.79 Å². The Labute approximate surface area is 165 Å². The van der Waals surface area contributed by atoms with E-state index >= 15 is 0 Å². The Morgan fingerprint density at radius 2 is 2.04 bits per heavy atom. The number of nitrogens with two attached hydrogens (primary N) is 1. The van der Waals surface area contributed by atoms with Gasteiger partial charge in [0, 0.05) is 18.0 Å². The molecule has 1 heterocycles. The SMILES string of the molecule is C=CCc1ccc(OC(=O)C(N)(CC(C)C)C(=O)c2cccnc2)c(OC)c1. The Morgan fingerprint density at radius 3 is 2.61 bits per heavy atom. The van der Waals surface area contributed by atoms with Crippen LogP contribution < -0.4 is 15.2 Å². The summed E-state index contributed by atoms with van der Waals surface area (Å²) in [6.07, 6.45) is 5.49. The molecule has 28 heavy (non-hydrogen) atoms. The van der Waals surface area contributed by atoms with Crippen molar-refractivity contribution in [3.8, 4) is 11.5 Å². The third-order valence-electron chi connectivity index (χ3n) is 4.23. The number of pyridine rings is 1. The van der Waals surface area contributed by atoms with E-state index in [1.54, 1.807) is 42.6 Å². The Hall–Kier alpha value is -2.99. The maximum Gasteiger partial charge on any atom is 0.339 e. The van der Waals surface area contributed by atoms with Crippen LogP contribution in [0.15, 0.2) is 55.4 Å². The van der Waals surface area contributed by atoms with Gasteiger partial charge in [-0.3, -0.25) is 9.78 Å². The minimum absolute atomic E-state index is 0.00460. The number of benzene rings is 1. The van der Waals surface area contributed by atoms with E-state index in [2.05, 4.69) is 11.6 Å². The normalized spacial score (nSPS) is 12.9. The number of esters is 1. The number of Topliss-reactive ketones (excluding diaryl/α,β-unsaturated/α-hetero) is 1. The quantitative estimate of drug-likeness (QED) is 0.235. The van der Waals surface area contributed by atoms with E-state index < -0.39 is 17.3 Å². The average molecular weight is 382 g/mol. The van der Waals surface area contributed by atoms with Gasteiger partial charge in [0.15, 0.2) is 22.8 Å². The van der Waals surface area contributed by atoms with Crippen molar-refractivity contribution in [2.45, 2.75) is 32.2 Å². The van der Waals surface area contributed by atoms with Gasteiger partial charge in [-0.2, -0.15) is 0 Å². The molecule has 2 N–H and O–H groups in total. The minimum Gasteiger partial charge on any atom is -0.493 e. The number of ketones is 1. The number of rotatable bonds is 9. The molecule has 6 heteroatoms. The third-order valence-corrected chi connectivity index (χ3v) is 4.23. The van der Waals surface area contributed by atoms with E-state index in [1.165, 1.54) is 13.3 Å². The molecule has 1 aromatic heterocycles. The highest BCUT2D eigenvalue weighted by atomic mass is 16.6. The molecule has 0 radical (unpaired) electrons. The lowest BCUT2D eigenvalue weighted by molar-refractivity contribution is -0.139. The van der Waals surface area contributed by atoms with E-state index in [-0.39, 0.29) is 23.7 Å². The number of allylic oxidation sites excluding steroid dienone is 1. The van der Waals surface area contributed by atoms with Crippen LogP contribution in [0.1, 0.15) is 36.2 Å². The van der Waals surface area contributed by atoms with Crippen molar-refractivity contribution in [2.75, 3.05) is 7.11 Å². The van der Waals surface area contributed by atoms with Crippen molar-refractivity contribution in [1.82, 2.24) is 4.98 Å². The summed E-state index contributed by atoms with van der Waals surface area (Å²) in [5.41, 5.74) is 5.72. The fourth-order valence-corrected chi connectivity index (χ4v) is 2.95. The van der Waals surface area contributed by atoms with Gasteiger partial charge in [0.25, 0.3) is 0 Å². The van der Waals surface area contributed by atoms with Crippen molar-refractivity contribution in [3.63, 3.8) is 0 Å². The molecule has 0 fully saturated rings. The number of carbonyl (C=O) groups excluding carboxylic acids is 2. The maximum absolute atomic E-state index is 13.0. The van der Waals surface area contributed by atoms with E-state index in [1.807, 2.05) is 13.8 Å². The van der Waals surface area contributed by atoms with Crippen molar-refractivity contribution in [3.05, 3.63) is 66.5 Å². The van der Waals surface area contributed by atoms with Gasteiger partial charge in [-0.1, -0.05) is 26.0 Å². The Kier molecular flexibility index (Phi) is 7.06. The molecule has 6 nitrogen and oxygen atoms in total. The number of hydrogen-bond acceptors (Lipinski definition) is 6. The zero-order chi connectivity index (χ0) is 20.7. The molecule has 2 aromatic rings. The lowest BCUT2D eigenvalue weighted by Crippen LogP contribution is -2.57. The van der Waals surface area contributed by atoms with Gasteiger partial charge in [0.05, 0.1) is 7.11 Å². The fraction of sp³-hybridized carbons (Fsp3) is 0.318. The Bertz CT molecular complexity index is 849. The standard InChI is InChI=1S/C22H26N2O4/c1-5-7-16-9-10-18(19(12-16)27-4)28-21(26)22(23,13-15(2)3)20(25)17-8-6-11-24-14-17/h5-6,8-12,14-15H,1,7,13,23H2,2-4H3. The maximum atomic E-state index is 13.0. The Balaban J connectivity index is 2.36. The predicted octanol–water partition coefficient (Wildman–Crippen LogP) is 3.35. The summed E-state index contributed by atoms with van der Waals surface area (Å²) in [5, 5.41) is 0. The summed E-state index contributed by atoms with van der Waals surface area (Å²) >= 11 is 0. The molecule has 1 unspecified atom stereocenters. The van der Waals surface area contributed by atoms with Gasteiger partial charge >= 0.3 is 5.97 Å². The van der Waals surface area contributed by atoms with Gasteiger partial charge < -0.3 is 15.2 Å². The van der Waals surface area contributed by atoms with Crippen LogP contribution in [-0.4, -0.2) is 29.4 Å². The Morgan fingerprint density at radius 1 is 1.29 bits per heavy atom. The third kappa shape index (κ3) is 4.84. The molecule has 0 saturated carbocycles. The molecule has 0 spiro atoms. The molecule has 0 aliphatic rings. The summed E-state index contributed by atoms with van der Waals surface area (Å²) in [6, 6.07) is 8.38. The monoisotopic (exact) mass is 382 g/mol. The number of aromatic nitrogens is 1. The summed E-state index contributed by atoms with van der Waals surface area (Å²) in [6.45, 7) is 7.48. The lowest BCUT2D eigenvalue weighted by atomic mass is 9.83. The first-order chi connectivity index (χ1) is 13.3. The lowest BCUT2D eigenvalue weighted by Gasteiger charge is -2.27. The van der Waals surface area contributed by atoms with Crippen LogP contribution in [0.25, 0.3) is 0 Å². The molecule has 1 aromatic carbocycles. The van der Waals surface area contributed by atoms with E-state index in [0.29, 0.717) is 12.2 Å². The van der Waals surface area contributed by atoms with Crippen LogP contribution in [0.5, 0.6) is 11.5 Å². The highest BCUT2D eigenvalue weighted by Crippen LogP contribution is 2.31. The fourth-order valence-electron chi connectivity index (χ4n) is 2.95. The largest absolute Gasteiger partial charge is 0.493 e. The van der Waals surface area contributed by atoms with Crippen LogP contribution in [0.3, 0.4) is 0 Å². The highest BCUT2D eigenvalue weighted by Gasteiger charge is 2.45. The predicted molar refractivity (Wildman–Crippen MR) is 107 cm³/mol. The number of methoxy groups -OCH3 is 1. The van der Waals surface area contributed by atoms with Gasteiger partial charge in [0.2, 0.25) is 0 Å². The van der Waals surface area contributed by atoms with E-state index in [4.69, 9.17) is 15.2 Å². The van der Waals surface area contributed by atoms with Crippen LogP contribution in [-0.2, 0) is 11.2 Å². The summed E-state index contributed by atoms with van der Waals surface area (Å²) in [4.78, 5) is 30.0. The topological polar surface area (TPSA) is 91.5 Å². The van der Waals surface area contributed by atoms with Crippen molar-refractivity contribution >= 4 is 11.8 Å². The van der Waals surface area contributed by atoms with Crippen LogP contribution in [0.2, 0.25) is 0 Å². The molecule has 2 rings (SSSR count). The van der Waals surface area contributed by atoms with Gasteiger partial charge in [-0.15, -0.1) is 6.58 Å².